The van der Waals surface area contributed by atoms with Crippen molar-refractivity contribution < 1.29 is 13.2 Å². The fourth-order valence-electron chi connectivity index (χ4n) is 2.33. The van der Waals surface area contributed by atoms with Gasteiger partial charge in [0, 0.05) is 6.04 Å². The minimum absolute atomic E-state index is 0.137. The zero-order chi connectivity index (χ0) is 15.5. The van der Waals surface area contributed by atoms with Crippen molar-refractivity contribution in [3.05, 3.63) is 57.3 Å². The number of hydrogen-bond acceptors (Lipinski definition) is 2. The summed E-state index contributed by atoms with van der Waals surface area (Å²) in [4.78, 5) is 0. The van der Waals surface area contributed by atoms with Crippen molar-refractivity contribution in [2.24, 2.45) is 0 Å². The maximum absolute atomic E-state index is 12.6. The van der Waals surface area contributed by atoms with Crippen LogP contribution in [-0.2, 0) is 12.6 Å². The summed E-state index contributed by atoms with van der Waals surface area (Å²) in [6, 6.07) is 5.57. The summed E-state index contributed by atoms with van der Waals surface area (Å²) in [5.41, 5.74) is 2.75. The van der Waals surface area contributed by atoms with Gasteiger partial charge in [0.25, 0.3) is 0 Å². The van der Waals surface area contributed by atoms with Gasteiger partial charge in [-0.15, -0.1) is 0 Å². The van der Waals surface area contributed by atoms with Crippen molar-refractivity contribution in [1.82, 2.24) is 5.32 Å². The first-order valence-corrected chi connectivity index (χ1v) is 7.78. The molecule has 0 fully saturated rings. The second kappa shape index (κ2) is 6.62. The molecule has 1 aromatic heterocycles. The molecule has 0 aliphatic rings. The molecule has 0 spiro atoms. The first kappa shape index (κ1) is 16.0. The lowest BCUT2D eigenvalue weighted by Gasteiger charge is -2.18. The predicted molar refractivity (Wildman–Crippen MR) is 80.6 cm³/mol. The molecule has 114 valence electrons. The van der Waals surface area contributed by atoms with Crippen molar-refractivity contribution >= 4 is 11.3 Å². The number of aryl methyl sites for hydroxylation is 1. The number of halogens is 3. The van der Waals surface area contributed by atoms with Crippen LogP contribution < -0.4 is 5.32 Å². The lowest BCUT2D eigenvalue weighted by Crippen LogP contribution is -2.23. The molecule has 0 aliphatic carbocycles. The Labute approximate surface area is 126 Å². The monoisotopic (exact) mass is 313 g/mol. The molecule has 2 aromatic rings. The van der Waals surface area contributed by atoms with Gasteiger partial charge >= 0.3 is 6.18 Å². The lowest BCUT2D eigenvalue weighted by atomic mass is 9.98. The molecule has 21 heavy (non-hydrogen) atoms. The quantitative estimate of drug-likeness (QED) is 0.822. The molecule has 1 aromatic carbocycles. The van der Waals surface area contributed by atoms with E-state index >= 15 is 0 Å². The topological polar surface area (TPSA) is 12.0 Å². The van der Waals surface area contributed by atoms with Crippen LogP contribution in [-0.4, -0.2) is 6.54 Å². The minimum Gasteiger partial charge on any atom is -0.310 e. The van der Waals surface area contributed by atoms with Gasteiger partial charge in [0.1, 0.15) is 0 Å². The fourth-order valence-corrected chi connectivity index (χ4v) is 3.24. The van der Waals surface area contributed by atoms with E-state index in [0.29, 0.717) is 6.42 Å². The molecule has 1 N–H and O–H groups in total. The Balaban J connectivity index is 2.16. The maximum atomic E-state index is 12.6. The third kappa shape index (κ3) is 4.08. The smallest absolute Gasteiger partial charge is 0.310 e. The molecule has 0 amide bonds. The molecule has 0 bridgehead atoms. The van der Waals surface area contributed by atoms with Crippen molar-refractivity contribution in [2.75, 3.05) is 6.54 Å². The normalized spacial score (nSPS) is 13.4. The average Bonchev–Trinajstić information content (AvgIpc) is 2.84. The maximum Gasteiger partial charge on any atom is 0.416 e. The molecule has 0 aliphatic heterocycles. The molecule has 1 nitrogen and oxygen atoms in total. The molecule has 5 heteroatoms. The summed E-state index contributed by atoms with van der Waals surface area (Å²) in [7, 11) is 0. The second-order valence-electron chi connectivity index (χ2n) is 5.02. The van der Waals surface area contributed by atoms with E-state index < -0.39 is 11.7 Å². The molecule has 0 saturated heterocycles. The van der Waals surface area contributed by atoms with E-state index in [1.54, 1.807) is 23.5 Å². The average molecular weight is 313 g/mol. The van der Waals surface area contributed by atoms with E-state index in [1.165, 1.54) is 11.1 Å². The van der Waals surface area contributed by atoms with Crippen LogP contribution in [0.4, 0.5) is 13.2 Å². The lowest BCUT2D eigenvalue weighted by molar-refractivity contribution is -0.137. The van der Waals surface area contributed by atoms with Crippen LogP contribution in [0.5, 0.6) is 0 Å². The highest BCUT2D eigenvalue weighted by Gasteiger charge is 2.30. The number of rotatable bonds is 5. The zero-order valence-electron chi connectivity index (χ0n) is 12.0. The van der Waals surface area contributed by atoms with Gasteiger partial charge in [-0.25, -0.2) is 0 Å². The number of nitrogens with one attached hydrogen (secondary N) is 1. The predicted octanol–water partition coefficient (Wildman–Crippen LogP) is 4.97. The Hall–Kier alpha value is -1.33. The van der Waals surface area contributed by atoms with E-state index in [4.69, 9.17) is 0 Å². The summed E-state index contributed by atoms with van der Waals surface area (Å²) in [6.07, 6.45) is -3.59. The summed E-state index contributed by atoms with van der Waals surface area (Å²) >= 11 is 1.65. The SMILES string of the molecule is CCNC(Cc1ccc(C(F)(F)F)cc1)c1cscc1C. The highest BCUT2D eigenvalue weighted by Crippen LogP contribution is 2.30. The Morgan fingerprint density at radius 3 is 2.29 bits per heavy atom. The largest absolute Gasteiger partial charge is 0.416 e. The van der Waals surface area contributed by atoms with Crippen molar-refractivity contribution in [3.8, 4) is 0 Å². The van der Waals surface area contributed by atoms with Crippen molar-refractivity contribution in [1.29, 1.82) is 0 Å². The Kier molecular flexibility index (Phi) is 5.06. The molecular weight excluding hydrogens is 295 g/mol. The Morgan fingerprint density at radius 1 is 1.14 bits per heavy atom. The van der Waals surface area contributed by atoms with Gasteiger partial charge in [-0.05, 0) is 59.5 Å². The molecule has 0 radical (unpaired) electrons. The van der Waals surface area contributed by atoms with Crippen LogP contribution in [0, 0.1) is 6.92 Å². The number of likely N-dealkylation sites (N-methyl/N-ethyl adjacent to an activating group) is 1. The van der Waals surface area contributed by atoms with Gasteiger partial charge in [-0.3, -0.25) is 0 Å². The van der Waals surface area contributed by atoms with Crippen LogP contribution in [0.3, 0.4) is 0 Å². The third-order valence-corrected chi connectivity index (χ3v) is 4.32. The van der Waals surface area contributed by atoms with Crippen molar-refractivity contribution in [3.63, 3.8) is 0 Å². The van der Waals surface area contributed by atoms with Gasteiger partial charge in [-0.2, -0.15) is 24.5 Å². The molecule has 2 rings (SSSR count). The standard InChI is InChI=1S/C16H18F3NS/c1-3-20-15(14-10-21-9-11(14)2)8-12-4-6-13(7-5-12)16(17,18)19/h4-7,9-10,15,20H,3,8H2,1-2H3. The highest BCUT2D eigenvalue weighted by atomic mass is 32.1. The molecule has 1 unspecified atom stereocenters. The number of alkyl halides is 3. The Morgan fingerprint density at radius 2 is 1.81 bits per heavy atom. The number of thiophene rings is 1. The Bertz CT molecular complexity index is 572. The molecule has 0 saturated carbocycles. The van der Waals surface area contributed by atoms with E-state index in [1.807, 2.05) is 6.92 Å². The van der Waals surface area contributed by atoms with E-state index in [0.717, 1.165) is 24.2 Å². The fraction of sp³-hybridized carbons (Fsp3) is 0.375. The zero-order valence-corrected chi connectivity index (χ0v) is 12.8. The van der Waals surface area contributed by atoms with Gasteiger partial charge < -0.3 is 5.32 Å². The van der Waals surface area contributed by atoms with E-state index in [-0.39, 0.29) is 6.04 Å². The summed E-state index contributed by atoms with van der Waals surface area (Å²) in [5, 5.41) is 7.60. The van der Waals surface area contributed by atoms with Crippen LogP contribution >= 0.6 is 11.3 Å². The first-order valence-electron chi connectivity index (χ1n) is 6.84. The number of hydrogen-bond donors (Lipinski definition) is 1. The third-order valence-electron chi connectivity index (χ3n) is 3.44. The van der Waals surface area contributed by atoms with Crippen LogP contribution in [0.2, 0.25) is 0 Å². The van der Waals surface area contributed by atoms with Crippen molar-refractivity contribution in [2.45, 2.75) is 32.5 Å². The number of benzene rings is 1. The summed E-state index contributed by atoms with van der Waals surface area (Å²) in [5.74, 6) is 0. The molecule has 1 heterocycles. The highest BCUT2D eigenvalue weighted by molar-refractivity contribution is 7.08. The molecule has 1 atom stereocenters. The van der Waals surface area contributed by atoms with E-state index in [9.17, 15) is 13.2 Å². The van der Waals surface area contributed by atoms with Crippen LogP contribution in [0.25, 0.3) is 0 Å². The van der Waals surface area contributed by atoms with Crippen LogP contribution in [0.15, 0.2) is 35.0 Å². The summed E-state index contributed by atoms with van der Waals surface area (Å²) in [6.45, 7) is 4.91. The van der Waals surface area contributed by atoms with Gasteiger partial charge in [0.2, 0.25) is 0 Å². The van der Waals surface area contributed by atoms with Crippen LogP contribution in [0.1, 0.15) is 35.2 Å². The van der Waals surface area contributed by atoms with E-state index in [2.05, 4.69) is 23.0 Å². The minimum atomic E-state index is -4.27. The van der Waals surface area contributed by atoms with Gasteiger partial charge in [0.05, 0.1) is 5.56 Å². The van der Waals surface area contributed by atoms with Gasteiger partial charge in [0.15, 0.2) is 0 Å². The molecular formula is C16H18F3NS. The first-order chi connectivity index (χ1) is 9.91. The summed E-state index contributed by atoms with van der Waals surface area (Å²) < 4.78 is 37.7. The van der Waals surface area contributed by atoms with Gasteiger partial charge in [-0.1, -0.05) is 19.1 Å². The second-order valence-corrected chi connectivity index (χ2v) is 5.76.